The Bertz CT molecular complexity index is 784. The lowest BCUT2D eigenvalue weighted by atomic mass is 10.1. The van der Waals surface area contributed by atoms with E-state index in [2.05, 4.69) is 45.2 Å². The van der Waals surface area contributed by atoms with Crippen molar-refractivity contribution in [2.45, 2.75) is 18.8 Å². The van der Waals surface area contributed by atoms with Crippen molar-refractivity contribution in [2.75, 3.05) is 5.73 Å². The third-order valence-electron chi connectivity index (χ3n) is 3.90. The van der Waals surface area contributed by atoms with E-state index in [1.807, 2.05) is 12.1 Å². The number of nitrogens with two attached hydrogens (primary N) is 1. The van der Waals surface area contributed by atoms with Gasteiger partial charge in [0.2, 0.25) is 0 Å². The number of nitrogens with zero attached hydrogens (tertiary/aromatic N) is 1. The van der Waals surface area contributed by atoms with Gasteiger partial charge >= 0.3 is 0 Å². The summed E-state index contributed by atoms with van der Waals surface area (Å²) in [5, 5.41) is 0. The first kappa shape index (κ1) is 12.0. The first-order chi connectivity index (χ1) is 9.70. The molecule has 4 heteroatoms. The minimum atomic E-state index is 0.318. The third-order valence-corrected chi connectivity index (χ3v) is 4.36. The van der Waals surface area contributed by atoms with Crippen molar-refractivity contribution in [2.24, 2.45) is 0 Å². The summed E-state index contributed by atoms with van der Waals surface area (Å²) in [6.07, 6.45) is 1.98. The number of rotatable bonds is 1. The Morgan fingerprint density at radius 2 is 1.85 bits per heavy atom. The van der Waals surface area contributed by atoms with Gasteiger partial charge in [-0.15, -0.1) is 0 Å². The molecule has 2 N–H and O–H groups in total. The van der Waals surface area contributed by atoms with Crippen LogP contribution in [0.1, 0.15) is 22.9 Å². The van der Waals surface area contributed by atoms with Crippen LogP contribution in [0.4, 0.5) is 5.69 Å². The number of aromatic nitrogens is 1. The second-order valence-corrected chi connectivity index (χ2v) is 6.18. The minimum absolute atomic E-state index is 0.318. The topological polar surface area (TPSA) is 52.0 Å². The maximum absolute atomic E-state index is 5.99. The van der Waals surface area contributed by atoms with Crippen molar-refractivity contribution in [3.05, 3.63) is 57.9 Å². The largest absolute Gasteiger partial charge is 0.438 e. The van der Waals surface area contributed by atoms with E-state index in [-0.39, 0.29) is 0 Å². The average molecular weight is 329 g/mol. The summed E-state index contributed by atoms with van der Waals surface area (Å²) in [4.78, 5) is 4.62. The zero-order chi connectivity index (χ0) is 13.7. The SMILES string of the molecule is Nc1cc(Br)cc2nc(C3Cc4ccccc4C3)oc12. The van der Waals surface area contributed by atoms with Gasteiger partial charge in [-0.2, -0.15) is 0 Å². The number of oxazole rings is 1. The molecule has 1 aromatic heterocycles. The number of anilines is 1. The number of hydrogen-bond donors (Lipinski definition) is 1. The first-order valence-corrected chi connectivity index (χ1v) is 7.42. The predicted octanol–water partition coefficient (Wildman–Crippen LogP) is 4.05. The van der Waals surface area contributed by atoms with Crippen LogP contribution in [0.5, 0.6) is 0 Å². The van der Waals surface area contributed by atoms with Crippen molar-refractivity contribution < 1.29 is 4.42 Å². The zero-order valence-electron chi connectivity index (χ0n) is 10.8. The molecule has 0 bridgehead atoms. The van der Waals surface area contributed by atoms with E-state index in [9.17, 15) is 0 Å². The molecule has 20 heavy (non-hydrogen) atoms. The highest BCUT2D eigenvalue weighted by Crippen LogP contribution is 2.36. The van der Waals surface area contributed by atoms with Crippen LogP contribution in [-0.2, 0) is 12.8 Å². The third kappa shape index (κ3) is 1.83. The van der Waals surface area contributed by atoms with Crippen molar-refractivity contribution >= 4 is 32.7 Å². The van der Waals surface area contributed by atoms with Crippen LogP contribution < -0.4 is 5.73 Å². The number of nitrogen functional groups attached to an aromatic ring is 1. The highest BCUT2D eigenvalue weighted by atomic mass is 79.9. The second kappa shape index (κ2) is 4.35. The summed E-state index contributed by atoms with van der Waals surface area (Å²) in [6, 6.07) is 12.3. The summed E-state index contributed by atoms with van der Waals surface area (Å²) in [6.45, 7) is 0. The fraction of sp³-hybridized carbons (Fsp3) is 0.188. The fourth-order valence-corrected chi connectivity index (χ4v) is 3.41. The quantitative estimate of drug-likeness (QED) is 0.685. The molecule has 0 fully saturated rings. The Hall–Kier alpha value is -1.81. The highest BCUT2D eigenvalue weighted by Gasteiger charge is 2.27. The molecule has 0 saturated heterocycles. The molecular formula is C16H13BrN2O. The summed E-state index contributed by atoms with van der Waals surface area (Å²) in [5.74, 6) is 1.11. The molecule has 3 aromatic rings. The monoisotopic (exact) mass is 328 g/mol. The predicted molar refractivity (Wildman–Crippen MR) is 82.7 cm³/mol. The Balaban J connectivity index is 1.76. The summed E-state index contributed by atoms with van der Waals surface area (Å²) in [5.41, 5.74) is 10.9. The molecule has 0 saturated carbocycles. The number of hydrogen-bond acceptors (Lipinski definition) is 3. The molecule has 4 rings (SSSR count). The highest BCUT2D eigenvalue weighted by molar-refractivity contribution is 9.10. The molecule has 3 nitrogen and oxygen atoms in total. The van der Waals surface area contributed by atoms with Gasteiger partial charge in [0.1, 0.15) is 5.52 Å². The van der Waals surface area contributed by atoms with Gasteiger partial charge in [0.05, 0.1) is 5.69 Å². The van der Waals surface area contributed by atoms with E-state index in [1.165, 1.54) is 11.1 Å². The Kier molecular flexibility index (Phi) is 2.60. The molecule has 0 unspecified atom stereocenters. The molecule has 0 aliphatic heterocycles. The fourth-order valence-electron chi connectivity index (χ4n) is 2.95. The summed E-state index contributed by atoms with van der Waals surface area (Å²) < 4.78 is 6.84. The molecule has 0 atom stereocenters. The number of benzene rings is 2. The second-order valence-electron chi connectivity index (χ2n) is 5.27. The van der Waals surface area contributed by atoms with Gasteiger partial charge < -0.3 is 10.2 Å². The smallest absolute Gasteiger partial charge is 0.199 e. The van der Waals surface area contributed by atoms with Crippen LogP contribution in [-0.4, -0.2) is 4.98 Å². The van der Waals surface area contributed by atoms with Gasteiger partial charge in [0, 0.05) is 10.4 Å². The molecule has 1 aliphatic rings. The van der Waals surface area contributed by atoms with E-state index < -0.39 is 0 Å². The Morgan fingerprint density at radius 3 is 2.55 bits per heavy atom. The first-order valence-electron chi connectivity index (χ1n) is 6.63. The molecule has 100 valence electrons. The maximum Gasteiger partial charge on any atom is 0.199 e. The van der Waals surface area contributed by atoms with Crippen LogP contribution >= 0.6 is 15.9 Å². The van der Waals surface area contributed by atoms with Crippen LogP contribution in [0, 0.1) is 0 Å². The van der Waals surface area contributed by atoms with Gasteiger partial charge in [-0.3, -0.25) is 0 Å². The van der Waals surface area contributed by atoms with Crippen molar-refractivity contribution in [1.29, 1.82) is 0 Å². The minimum Gasteiger partial charge on any atom is -0.438 e. The van der Waals surface area contributed by atoms with Gasteiger partial charge in [-0.1, -0.05) is 40.2 Å². The molecule has 0 radical (unpaired) electrons. The molecule has 0 spiro atoms. The average Bonchev–Trinajstić information content (AvgIpc) is 3.01. The van der Waals surface area contributed by atoms with Crippen molar-refractivity contribution in [3.8, 4) is 0 Å². The summed E-state index contributed by atoms with van der Waals surface area (Å²) in [7, 11) is 0. The number of halogens is 1. The Labute approximate surface area is 124 Å². The lowest BCUT2D eigenvalue weighted by Crippen LogP contribution is -1.97. The van der Waals surface area contributed by atoms with E-state index in [4.69, 9.17) is 10.2 Å². The van der Waals surface area contributed by atoms with Gasteiger partial charge in [0.25, 0.3) is 0 Å². The van der Waals surface area contributed by atoms with E-state index in [1.54, 1.807) is 0 Å². The van der Waals surface area contributed by atoms with Crippen LogP contribution in [0.2, 0.25) is 0 Å². The summed E-state index contributed by atoms with van der Waals surface area (Å²) >= 11 is 3.44. The van der Waals surface area contributed by atoms with E-state index >= 15 is 0 Å². The van der Waals surface area contributed by atoms with Crippen LogP contribution in [0.25, 0.3) is 11.1 Å². The molecule has 2 aromatic carbocycles. The lowest BCUT2D eigenvalue weighted by molar-refractivity contribution is 0.479. The zero-order valence-corrected chi connectivity index (χ0v) is 12.4. The molecular weight excluding hydrogens is 316 g/mol. The molecule has 1 aliphatic carbocycles. The number of fused-ring (bicyclic) bond motifs is 2. The van der Waals surface area contributed by atoms with E-state index in [0.717, 1.165) is 28.7 Å². The van der Waals surface area contributed by atoms with Gasteiger partial charge in [-0.05, 0) is 36.1 Å². The molecule has 0 amide bonds. The van der Waals surface area contributed by atoms with Crippen molar-refractivity contribution in [1.82, 2.24) is 4.98 Å². The normalized spacial score (nSPS) is 14.8. The Morgan fingerprint density at radius 1 is 1.15 bits per heavy atom. The maximum atomic E-state index is 5.99. The van der Waals surface area contributed by atoms with Gasteiger partial charge in [0.15, 0.2) is 11.5 Å². The standard InChI is InChI=1S/C16H13BrN2O/c17-12-7-13(18)15-14(8-12)19-16(20-15)11-5-9-3-1-2-4-10(9)6-11/h1-4,7-8,11H,5-6,18H2. The lowest BCUT2D eigenvalue weighted by Gasteiger charge is -2.01. The van der Waals surface area contributed by atoms with Crippen LogP contribution in [0.3, 0.4) is 0 Å². The van der Waals surface area contributed by atoms with E-state index in [0.29, 0.717) is 17.2 Å². The molecule has 1 heterocycles. The van der Waals surface area contributed by atoms with Crippen molar-refractivity contribution in [3.63, 3.8) is 0 Å². The van der Waals surface area contributed by atoms with Crippen LogP contribution in [0.15, 0.2) is 45.3 Å². The van der Waals surface area contributed by atoms with Gasteiger partial charge in [-0.25, -0.2) is 4.98 Å².